The lowest BCUT2D eigenvalue weighted by Crippen LogP contribution is -2.56. The smallest absolute Gasteiger partial charge is 0.223 e. The third-order valence-corrected chi connectivity index (χ3v) is 6.02. The Kier molecular flexibility index (Phi) is 6.99. The van der Waals surface area contributed by atoms with Crippen LogP contribution in [0.4, 0.5) is 0 Å². The molecule has 0 aromatic carbocycles. The van der Waals surface area contributed by atoms with Gasteiger partial charge in [0.05, 0.1) is 5.54 Å². The van der Waals surface area contributed by atoms with Gasteiger partial charge in [0.1, 0.15) is 0 Å². The molecule has 0 spiro atoms. The minimum Gasteiger partial charge on any atom is -0.349 e. The van der Waals surface area contributed by atoms with Gasteiger partial charge in [-0.3, -0.25) is 4.79 Å². The van der Waals surface area contributed by atoms with Crippen molar-refractivity contribution in [2.75, 3.05) is 6.54 Å². The first-order valence-electron chi connectivity index (χ1n) is 8.48. The molecule has 4 unspecified atom stereocenters. The fraction of sp³-hybridized carbons (Fsp3) is 0.941. The van der Waals surface area contributed by atoms with Gasteiger partial charge in [0.15, 0.2) is 0 Å². The van der Waals surface area contributed by atoms with E-state index in [0.717, 1.165) is 24.7 Å². The first kappa shape index (κ1) is 18.8. The maximum absolute atomic E-state index is 12.6. The predicted octanol–water partition coefficient (Wildman–Crippen LogP) is 3.50. The van der Waals surface area contributed by atoms with Crippen LogP contribution in [0.1, 0.15) is 65.7 Å². The van der Waals surface area contributed by atoms with Gasteiger partial charge in [-0.05, 0) is 43.9 Å². The fourth-order valence-corrected chi connectivity index (χ4v) is 3.93. The van der Waals surface area contributed by atoms with Crippen LogP contribution in [0.3, 0.4) is 0 Å². The highest BCUT2D eigenvalue weighted by molar-refractivity contribution is 5.85. The van der Waals surface area contributed by atoms with E-state index in [1.165, 1.54) is 32.1 Å². The number of rotatable bonds is 4. The molecule has 21 heavy (non-hydrogen) atoms. The number of nitrogens with two attached hydrogens (primary N) is 1. The molecule has 0 radical (unpaired) electrons. The fourth-order valence-electron chi connectivity index (χ4n) is 3.93. The molecule has 0 aromatic rings. The number of amides is 1. The van der Waals surface area contributed by atoms with E-state index < -0.39 is 0 Å². The summed E-state index contributed by atoms with van der Waals surface area (Å²) in [5.74, 6) is 2.53. The second kappa shape index (κ2) is 7.82. The number of carbonyl (C=O) groups is 1. The third-order valence-electron chi connectivity index (χ3n) is 6.02. The molecule has 2 aliphatic carbocycles. The monoisotopic (exact) mass is 316 g/mol. The number of halogens is 1. The minimum atomic E-state index is -0.263. The number of hydrogen-bond donors (Lipinski definition) is 2. The van der Waals surface area contributed by atoms with E-state index in [0.29, 0.717) is 12.5 Å². The van der Waals surface area contributed by atoms with Gasteiger partial charge < -0.3 is 11.1 Å². The highest BCUT2D eigenvalue weighted by atomic mass is 35.5. The van der Waals surface area contributed by atoms with Gasteiger partial charge in [-0.1, -0.05) is 39.5 Å². The summed E-state index contributed by atoms with van der Waals surface area (Å²) in [6, 6.07) is 0. The van der Waals surface area contributed by atoms with Crippen LogP contribution < -0.4 is 11.1 Å². The standard InChI is InChI=1S/C17H32N2O.ClH/c1-12(2)17(3,11-18)19-16(20)15-9-8-13-6-4-5-7-14(13)10-15;/h12-15H,4-11,18H2,1-3H3,(H,19,20);1H. The van der Waals surface area contributed by atoms with E-state index in [-0.39, 0.29) is 29.8 Å². The van der Waals surface area contributed by atoms with Crippen LogP contribution in [0.2, 0.25) is 0 Å². The van der Waals surface area contributed by atoms with Gasteiger partial charge in [-0.2, -0.15) is 0 Å². The van der Waals surface area contributed by atoms with Crippen LogP contribution >= 0.6 is 12.4 Å². The summed E-state index contributed by atoms with van der Waals surface area (Å²) in [5.41, 5.74) is 5.61. The van der Waals surface area contributed by atoms with Crippen molar-refractivity contribution in [3.63, 3.8) is 0 Å². The maximum atomic E-state index is 12.6. The van der Waals surface area contributed by atoms with Crippen molar-refractivity contribution in [2.24, 2.45) is 29.4 Å². The quantitative estimate of drug-likeness (QED) is 0.834. The van der Waals surface area contributed by atoms with Crippen LogP contribution in [0, 0.1) is 23.7 Å². The first-order chi connectivity index (χ1) is 9.46. The summed E-state index contributed by atoms with van der Waals surface area (Å²) in [7, 11) is 0. The molecule has 4 heteroatoms. The molecular weight excluding hydrogens is 284 g/mol. The van der Waals surface area contributed by atoms with Crippen molar-refractivity contribution in [3.05, 3.63) is 0 Å². The van der Waals surface area contributed by atoms with Crippen molar-refractivity contribution in [1.29, 1.82) is 0 Å². The lowest BCUT2D eigenvalue weighted by molar-refractivity contribution is -0.129. The summed E-state index contributed by atoms with van der Waals surface area (Å²) in [6.07, 6.45) is 8.93. The Morgan fingerprint density at radius 2 is 1.81 bits per heavy atom. The second-order valence-corrected chi connectivity index (χ2v) is 7.58. The Balaban J connectivity index is 0.00000220. The molecule has 1 amide bonds. The largest absolute Gasteiger partial charge is 0.349 e. The summed E-state index contributed by atoms with van der Waals surface area (Å²) in [4.78, 5) is 12.6. The molecule has 0 heterocycles. The number of nitrogens with one attached hydrogen (secondary N) is 1. The van der Waals surface area contributed by atoms with Gasteiger partial charge in [-0.25, -0.2) is 0 Å². The van der Waals surface area contributed by atoms with E-state index in [1.807, 2.05) is 0 Å². The van der Waals surface area contributed by atoms with Crippen LogP contribution in [-0.2, 0) is 4.79 Å². The summed E-state index contributed by atoms with van der Waals surface area (Å²) in [6.45, 7) is 6.84. The Hall–Kier alpha value is -0.280. The zero-order valence-electron chi connectivity index (χ0n) is 13.9. The highest BCUT2D eigenvalue weighted by Crippen LogP contribution is 2.42. The number of hydrogen-bond acceptors (Lipinski definition) is 2. The molecule has 0 bridgehead atoms. The average molecular weight is 317 g/mol. The Labute approximate surface area is 136 Å². The average Bonchev–Trinajstić information content (AvgIpc) is 2.46. The lowest BCUT2D eigenvalue weighted by atomic mass is 9.67. The van der Waals surface area contributed by atoms with E-state index in [1.54, 1.807) is 0 Å². The van der Waals surface area contributed by atoms with Crippen molar-refractivity contribution < 1.29 is 4.79 Å². The molecule has 2 aliphatic rings. The first-order valence-corrected chi connectivity index (χ1v) is 8.48. The second-order valence-electron chi connectivity index (χ2n) is 7.58. The molecule has 0 aromatic heterocycles. The Morgan fingerprint density at radius 1 is 1.19 bits per heavy atom. The Morgan fingerprint density at radius 3 is 2.38 bits per heavy atom. The van der Waals surface area contributed by atoms with E-state index in [9.17, 15) is 4.79 Å². The van der Waals surface area contributed by atoms with Crippen molar-refractivity contribution in [2.45, 2.75) is 71.3 Å². The van der Waals surface area contributed by atoms with Crippen LogP contribution in [0.25, 0.3) is 0 Å². The van der Waals surface area contributed by atoms with Crippen LogP contribution in [0.5, 0.6) is 0 Å². The van der Waals surface area contributed by atoms with E-state index in [2.05, 4.69) is 26.1 Å². The molecule has 3 nitrogen and oxygen atoms in total. The summed E-state index contributed by atoms with van der Waals surface area (Å²) >= 11 is 0. The van der Waals surface area contributed by atoms with Gasteiger partial charge in [0.25, 0.3) is 0 Å². The Bertz CT molecular complexity index is 348. The SMILES string of the molecule is CC(C)C(C)(CN)NC(=O)C1CCC2CCCCC2C1.Cl. The van der Waals surface area contributed by atoms with Gasteiger partial charge in [-0.15, -0.1) is 12.4 Å². The maximum Gasteiger partial charge on any atom is 0.223 e. The summed E-state index contributed by atoms with van der Waals surface area (Å²) < 4.78 is 0. The minimum absolute atomic E-state index is 0. The molecule has 4 atom stereocenters. The van der Waals surface area contributed by atoms with Crippen molar-refractivity contribution in [1.82, 2.24) is 5.32 Å². The van der Waals surface area contributed by atoms with Gasteiger partial charge in [0.2, 0.25) is 5.91 Å². The molecule has 124 valence electrons. The zero-order chi connectivity index (χ0) is 14.8. The summed E-state index contributed by atoms with van der Waals surface area (Å²) in [5, 5.41) is 3.24. The van der Waals surface area contributed by atoms with Crippen molar-refractivity contribution in [3.8, 4) is 0 Å². The lowest BCUT2D eigenvalue weighted by Gasteiger charge is -2.41. The number of carbonyl (C=O) groups excluding carboxylic acids is 1. The molecule has 0 aliphatic heterocycles. The normalized spacial score (nSPS) is 31.8. The van der Waals surface area contributed by atoms with Gasteiger partial charge in [0, 0.05) is 12.5 Å². The van der Waals surface area contributed by atoms with E-state index >= 15 is 0 Å². The molecule has 2 fully saturated rings. The molecule has 0 saturated heterocycles. The third kappa shape index (κ3) is 4.35. The molecule has 2 saturated carbocycles. The highest BCUT2D eigenvalue weighted by Gasteiger charge is 2.37. The molecule has 2 rings (SSSR count). The molecule has 3 N–H and O–H groups in total. The number of fused-ring (bicyclic) bond motifs is 1. The van der Waals surface area contributed by atoms with E-state index in [4.69, 9.17) is 5.73 Å². The molecular formula is C17H33ClN2O. The zero-order valence-corrected chi connectivity index (χ0v) is 14.7. The topological polar surface area (TPSA) is 55.1 Å². The predicted molar refractivity (Wildman–Crippen MR) is 90.5 cm³/mol. The van der Waals surface area contributed by atoms with Crippen LogP contribution in [-0.4, -0.2) is 18.0 Å². The van der Waals surface area contributed by atoms with Gasteiger partial charge >= 0.3 is 0 Å². The van der Waals surface area contributed by atoms with Crippen LogP contribution in [0.15, 0.2) is 0 Å². The van der Waals surface area contributed by atoms with Crippen molar-refractivity contribution >= 4 is 18.3 Å².